The van der Waals surface area contributed by atoms with Crippen LogP contribution in [0.15, 0.2) is 16.5 Å². The first-order chi connectivity index (χ1) is 8.33. The van der Waals surface area contributed by atoms with E-state index in [0.717, 1.165) is 17.4 Å². The lowest BCUT2D eigenvalue weighted by atomic mass is 9.85. The molecule has 1 saturated carbocycles. The average molecular weight is 237 g/mol. The van der Waals surface area contributed by atoms with E-state index < -0.39 is 0 Å². The Kier molecular flexibility index (Phi) is 4.63. The molecule has 96 valence electrons. The van der Waals surface area contributed by atoms with Gasteiger partial charge in [-0.05, 0) is 30.9 Å². The molecule has 0 aromatic carbocycles. The fourth-order valence-electron chi connectivity index (χ4n) is 2.66. The Bertz CT molecular complexity index is 335. The van der Waals surface area contributed by atoms with Crippen molar-refractivity contribution < 1.29 is 9.15 Å². The number of furan rings is 1. The highest BCUT2D eigenvalue weighted by atomic mass is 16.5. The molecule has 1 aliphatic rings. The van der Waals surface area contributed by atoms with Crippen LogP contribution >= 0.6 is 0 Å². The van der Waals surface area contributed by atoms with Crippen molar-refractivity contribution in [3.8, 4) is 0 Å². The van der Waals surface area contributed by atoms with Gasteiger partial charge in [0.15, 0.2) is 0 Å². The maximum absolute atomic E-state index is 6.00. The zero-order chi connectivity index (χ0) is 12.1. The normalized spacial score (nSPS) is 25.1. The number of ether oxygens (including phenoxy) is 1. The highest BCUT2D eigenvalue weighted by Gasteiger charge is 2.24. The minimum Gasteiger partial charge on any atom is -0.462 e. The van der Waals surface area contributed by atoms with Crippen LogP contribution in [0.1, 0.15) is 50.5 Å². The van der Waals surface area contributed by atoms with Crippen molar-refractivity contribution in [3.63, 3.8) is 0 Å². The zero-order valence-electron chi connectivity index (χ0n) is 10.7. The lowest BCUT2D eigenvalue weighted by Gasteiger charge is -2.30. The minimum atomic E-state index is 0.417. The van der Waals surface area contributed by atoms with E-state index >= 15 is 0 Å². The molecular formula is C14H23NO2. The van der Waals surface area contributed by atoms with E-state index in [4.69, 9.17) is 14.9 Å². The fourth-order valence-corrected chi connectivity index (χ4v) is 2.66. The van der Waals surface area contributed by atoms with Crippen LogP contribution in [0.4, 0.5) is 0 Å². The molecule has 1 heterocycles. The summed E-state index contributed by atoms with van der Waals surface area (Å²) in [5.74, 6) is 2.46. The first-order valence-electron chi connectivity index (χ1n) is 6.72. The van der Waals surface area contributed by atoms with Crippen molar-refractivity contribution >= 4 is 0 Å². The van der Waals surface area contributed by atoms with Crippen LogP contribution in [-0.4, -0.2) is 6.10 Å². The summed E-state index contributed by atoms with van der Waals surface area (Å²) in [5, 5.41) is 0. The largest absolute Gasteiger partial charge is 0.462 e. The topological polar surface area (TPSA) is 48.4 Å². The van der Waals surface area contributed by atoms with Crippen molar-refractivity contribution in [2.45, 2.75) is 58.3 Å². The van der Waals surface area contributed by atoms with Gasteiger partial charge in [-0.15, -0.1) is 0 Å². The van der Waals surface area contributed by atoms with Crippen molar-refractivity contribution in [1.82, 2.24) is 0 Å². The standard InChI is InChI=1S/C14H23NO2/c1-2-11-5-3-4-6-14(11)16-10-13-8-7-12(9-15)17-13/h7-8,11,14H,2-6,9-10,15H2,1H3. The van der Waals surface area contributed by atoms with Gasteiger partial charge in [0.05, 0.1) is 12.6 Å². The molecule has 3 nitrogen and oxygen atoms in total. The van der Waals surface area contributed by atoms with E-state index in [0.29, 0.717) is 19.3 Å². The lowest BCUT2D eigenvalue weighted by molar-refractivity contribution is -0.0286. The van der Waals surface area contributed by atoms with Crippen LogP contribution < -0.4 is 5.73 Å². The molecule has 1 fully saturated rings. The van der Waals surface area contributed by atoms with Crippen LogP contribution in [0, 0.1) is 5.92 Å². The molecule has 1 aliphatic carbocycles. The van der Waals surface area contributed by atoms with Crippen LogP contribution in [0.25, 0.3) is 0 Å². The molecular weight excluding hydrogens is 214 g/mol. The van der Waals surface area contributed by atoms with Crippen molar-refractivity contribution in [1.29, 1.82) is 0 Å². The number of nitrogens with two attached hydrogens (primary N) is 1. The molecule has 3 heteroatoms. The van der Waals surface area contributed by atoms with E-state index in [9.17, 15) is 0 Å². The molecule has 0 saturated heterocycles. The third-order valence-corrected chi connectivity index (χ3v) is 3.72. The maximum Gasteiger partial charge on any atom is 0.129 e. The SMILES string of the molecule is CCC1CCCCC1OCc1ccc(CN)o1. The minimum absolute atomic E-state index is 0.417. The molecule has 2 rings (SSSR count). The molecule has 0 aliphatic heterocycles. The highest BCUT2D eigenvalue weighted by molar-refractivity contribution is 5.05. The Morgan fingerprint density at radius 3 is 2.76 bits per heavy atom. The summed E-state index contributed by atoms with van der Waals surface area (Å²) in [6.45, 7) is 3.30. The summed E-state index contributed by atoms with van der Waals surface area (Å²) in [7, 11) is 0. The number of hydrogen-bond acceptors (Lipinski definition) is 3. The second kappa shape index (κ2) is 6.22. The first kappa shape index (κ1) is 12.7. The van der Waals surface area contributed by atoms with Crippen LogP contribution in [-0.2, 0) is 17.9 Å². The van der Waals surface area contributed by atoms with Gasteiger partial charge in [0, 0.05) is 0 Å². The second-order valence-electron chi connectivity index (χ2n) is 4.87. The van der Waals surface area contributed by atoms with E-state index in [-0.39, 0.29) is 0 Å². The lowest BCUT2D eigenvalue weighted by Crippen LogP contribution is -2.27. The van der Waals surface area contributed by atoms with E-state index in [1.54, 1.807) is 0 Å². The zero-order valence-corrected chi connectivity index (χ0v) is 10.7. The smallest absolute Gasteiger partial charge is 0.129 e. The van der Waals surface area contributed by atoms with Crippen molar-refractivity contribution in [2.75, 3.05) is 0 Å². The molecule has 1 aromatic rings. The maximum atomic E-state index is 6.00. The van der Waals surface area contributed by atoms with Crippen molar-refractivity contribution in [2.24, 2.45) is 11.7 Å². The second-order valence-corrected chi connectivity index (χ2v) is 4.87. The third kappa shape index (κ3) is 3.33. The summed E-state index contributed by atoms with van der Waals surface area (Å²) >= 11 is 0. The van der Waals surface area contributed by atoms with E-state index in [1.165, 1.54) is 32.1 Å². The number of rotatable bonds is 5. The van der Waals surface area contributed by atoms with E-state index in [2.05, 4.69) is 6.92 Å². The van der Waals surface area contributed by atoms with Crippen LogP contribution in [0.3, 0.4) is 0 Å². The molecule has 0 spiro atoms. The quantitative estimate of drug-likeness (QED) is 0.855. The van der Waals surface area contributed by atoms with Gasteiger partial charge < -0.3 is 14.9 Å². The highest BCUT2D eigenvalue weighted by Crippen LogP contribution is 2.29. The first-order valence-corrected chi connectivity index (χ1v) is 6.72. The van der Waals surface area contributed by atoms with Gasteiger partial charge in [0.25, 0.3) is 0 Å². The molecule has 2 N–H and O–H groups in total. The molecule has 0 radical (unpaired) electrons. The monoisotopic (exact) mass is 237 g/mol. The van der Waals surface area contributed by atoms with Crippen molar-refractivity contribution in [3.05, 3.63) is 23.7 Å². The Hall–Kier alpha value is -0.800. The molecule has 0 amide bonds. The third-order valence-electron chi connectivity index (χ3n) is 3.72. The van der Waals surface area contributed by atoms with Crippen LogP contribution in [0.5, 0.6) is 0 Å². The van der Waals surface area contributed by atoms with Gasteiger partial charge in [-0.25, -0.2) is 0 Å². The van der Waals surface area contributed by atoms with Gasteiger partial charge in [-0.1, -0.05) is 26.2 Å². The van der Waals surface area contributed by atoms with Crippen LogP contribution in [0.2, 0.25) is 0 Å². The Morgan fingerprint density at radius 1 is 1.29 bits per heavy atom. The van der Waals surface area contributed by atoms with Gasteiger partial charge in [0.1, 0.15) is 18.1 Å². The molecule has 1 aromatic heterocycles. The Labute approximate surface area is 103 Å². The fraction of sp³-hybridized carbons (Fsp3) is 0.714. The summed E-state index contributed by atoms with van der Waals surface area (Å²) < 4.78 is 11.5. The van der Waals surface area contributed by atoms with Gasteiger partial charge >= 0.3 is 0 Å². The van der Waals surface area contributed by atoms with E-state index in [1.807, 2.05) is 12.1 Å². The summed E-state index contributed by atoms with van der Waals surface area (Å²) in [5.41, 5.74) is 5.51. The van der Waals surface area contributed by atoms with Gasteiger partial charge in [-0.2, -0.15) is 0 Å². The molecule has 0 bridgehead atoms. The average Bonchev–Trinajstić information content (AvgIpc) is 2.84. The Morgan fingerprint density at radius 2 is 2.06 bits per heavy atom. The molecule has 17 heavy (non-hydrogen) atoms. The predicted molar refractivity (Wildman–Crippen MR) is 67.4 cm³/mol. The van der Waals surface area contributed by atoms with Gasteiger partial charge in [0.2, 0.25) is 0 Å². The summed E-state index contributed by atoms with van der Waals surface area (Å²) in [6, 6.07) is 3.89. The molecule has 2 atom stereocenters. The Balaban J connectivity index is 1.83. The predicted octanol–water partition coefficient (Wildman–Crippen LogP) is 3.22. The number of hydrogen-bond donors (Lipinski definition) is 1. The summed E-state index contributed by atoms with van der Waals surface area (Å²) in [4.78, 5) is 0. The summed E-state index contributed by atoms with van der Waals surface area (Å²) in [6.07, 6.45) is 6.80. The molecule has 2 unspecified atom stereocenters. The van der Waals surface area contributed by atoms with Gasteiger partial charge in [-0.3, -0.25) is 0 Å².